The van der Waals surface area contributed by atoms with Crippen molar-refractivity contribution in [3.8, 4) is 0 Å². The molecule has 5 rings (SSSR count). The Kier molecular flexibility index (Phi) is 48.4. The molecule has 0 unspecified atom stereocenters. The molecule has 210 valence electrons. The Labute approximate surface area is 978 Å². The second kappa shape index (κ2) is 36.3. The Morgan fingerprint density at radius 1 is 0.179 bits per heavy atom. The van der Waals surface area contributed by atoms with Gasteiger partial charge in [-0.25, -0.2) is 0 Å². The van der Waals surface area contributed by atoms with Crippen molar-refractivity contribution in [2.24, 2.45) is 0 Å². The maximum absolute atomic E-state index is 3.39. The minimum atomic E-state index is 0.283. The van der Waals surface area contributed by atoms with Crippen LogP contribution in [0, 0.1) is 955 Å². The molecule has 0 aliphatic heterocycles. The Bertz CT molecular complexity index is 2090. The molecule has 5 aromatic carbocycles. The third-order valence-electron chi connectivity index (χ3n) is 15.7. The van der Waals surface area contributed by atoms with Crippen molar-refractivity contribution >= 4 is 47.4 Å². The monoisotopic (exact) mass is 5410 g/mol. The second-order valence-electron chi connectivity index (χ2n) is 17.8. The molecule has 0 aliphatic rings. The quantitative estimate of drug-likeness (QED) is 0.167. The van der Waals surface area contributed by atoms with Crippen molar-refractivity contribution in [2.45, 2.75) is 13.8 Å². The SMILES string of the molecule is Cc1[c]([RaH])[c]([RaH])c(N(c2[c]([RaH])[c]([RaH])c(C)[c]([RaH])[c]2[RaH])c2[c]([RaH])[c]([RaH])c(N(c3[c]([RaH])[c]([RaH])[c]([RaH])[c]([RaH])[c]3[RaH])c3[c]([RaH])[c]([RaH])[c]([RaH])[c]([RaH])[c]3[RaH])[c]([RaH])[c]2[RaH])[c]([RaH])[c]1[RaH]. The van der Waals surface area contributed by atoms with E-state index < -0.39 is 0 Å². The summed E-state index contributed by atoms with van der Waals surface area (Å²) in [7, 11) is 0. The third-order valence-corrected chi connectivity index (χ3v) is 374. The predicted octanol–water partition coefficient (Wildman–Crippen LogP) is -14.8. The summed E-state index contributed by atoms with van der Waals surface area (Å²) < 4.78 is 45.3. The van der Waals surface area contributed by atoms with E-state index in [0.29, 0.717) is 770 Å². The Balaban J connectivity index is 2.07. The molecule has 2 nitrogen and oxygen atoms in total. The van der Waals surface area contributed by atoms with Crippen molar-refractivity contribution in [1.82, 2.24) is 0 Å². The molecular formula is C32H28N2Ra22. The van der Waals surface area contributed by atoms with E-state index in [0.717, 1.165) is 0 Å². The summed E-state index contributed by atoms with van der Waals surface area (Å²) in [6, 6.07) is 0. The van der Waals surface area contributed by atoms with E-state index in [1.807, 2.05) is 50.1 Å². The molecule has 0 fully saturated rings. The van der Waals surface area contributed by atoms with Gasteiger partial charge in [-0.15, -0.1) is 0 Å². The number of rotatable bonds is 6. The summed E-state index contributed by atoms with van der Waals surface area (Å²) >= 11 is 8.82. The van der Waals surface area contributed by atoms with E-state index in [1.165, 1.54) is 0 Å². The van der Waals surface area contributed by atoms with Crippen LogP contribution in [0.15, 0.2) is 0 Å². The van der Waals surface area contributed by atoms with Crippen molar-refractivity contribution in [2.75, 3.05) is 9.80 Å². The van der Waals surface area contributed by atoms with E-state index in [2.05, 4.69) is 32.1 Å². The molecule has 56 heavy (non-hydrogen) atoms. The first kappa shape index (κ1) is 74.7. The molecule has 0 amide bonds. The molecule has 0 saturated carbocycles. The summed E-state index contributed by atoms with van der Waals surface area (Å²) in [5, 5.41) is 0. The van der Waals surface area contributed by atoms with Crippen LogP contribution in [0.4, 0.5) is 34.1 Å². The van der Waals surface area contributed by atoms with Crippen molar-refractivity contribution in [1.29, 1.82) is 0 Å². The van der Waals surface area contributed by atoms with Crippen LogP contribution >= 0.6 is 0 Å². The summed E-state index contributed by atoms with van der Waals surface area (Å²) in [5.74, 6) is 0. The van der Waals surface area contributed by atoms with Crippen LogP contribution in [0.3, 0.4) is 0 Å². The van der Waals surface area contributed by atoms with Crippen LogP contribution in [0.5, 0.6) is 0 Å². The van der Waals surface area contributed by atoms with E-state index >= 15 is 0 Å². The number of benzene rings is 5. The van der Waals surface area contributed by atoms with Crippen LogP contribution < -0.4 is 23.1 Å². The summed E-state index contributed by atoms with van der Waals surface area (Å²) in [5.41, 5.74) is 15.7. The fourth-order valence-corrected chi connectivity index (χ4v) is 200. The fourth-order valence-electron chi connectivity index (χ4n) is 9.88. The number of nitrogens with zero attached hydrogens (tertiary/aromatic N) is 2. The van der Waals surface area contributed by atoms with Gasteiger partial charge in [0.15, 0.2) is 0 Å². The first-order valence-electron chi connectivity index (χ1n) is 20.8. The first-order valence-corrected chi connectivity index (χ1v) is 111. The van der Waals surface area contributed by atoms with Gasteiger partial charge in [0, 0.05) is 0 Å². The van der Waals surface area contributed by atoms with Gasteiger partial charge < -0.3 is 0 Å². The molecule has 0 bridgehead atoms. The number of hydrogen-bond donors (Lipinski definition) is 0. The Morgan fingerprint density at radius 2 is 0.286 bits per heavy atom. The van der Waals surface area contributed by atoms with Gasteiger partial charge in [-0.2, -0.15) is 0 Å². The Hall–Kier alpha value is 28.0. The number of hydrogen-bond acceptors (Lipinski definition) is 2. The molecule has 0 spiro atoms. The Morgan fingerprint density at radius 3 is 0.446 bits per heavy atom. The van der Waals surface area contributed by atoms with Crippen LogP contribution in [-0.4, -0.2) is 0 Å². The molecule has 24 heteroatoms. The van der Waals surface area contributed by atoms with Gasteiger partial charge in [-0.3, -0.25) is 0 Å². The normalized spacial score (nSPS) is 10.8. The molecule has 0 aromatic heterocycles. The van der Waals surface area contributed by atoms with Crippen molar-refractivity contribution in [3.63, 3.8) is 0 Å². The minimum absolute atomic E-state index is 0.283. The molecular weight excluding hydrogens is 5380 g/mol. The van der Waals surface area contributed by atoms with Gasteiger partial charge >= 0.3 is 1020 Å². The van der Waals surface area contributed by atoms with Gasteiger partial charge in [0.2, 0.25) is 0 Å². The standard InChI is InChI=1S/C32H6N2.22Ra.22H/c1-25-13-17-29(18-14-25)34(30-19-15-26(2)16-20-30)32-23-21-31(22-24-32)33(27-9-5-3-6-10-27)28-11-7-4-8-12-28;;;;;;;;;;;;;;;;;;;;;;;;;;;;;;;;;;;;;;;;;;;;/h1-2H3;;;;;;;;;;;;;;;;;;;;;;;;;;;;;;;;;;;;;;;;;;;;. The van der Waals surface area contributed by atoms with Gasteiger partial charge in [0.05, 0.1) is 0 Å². The van der Waals surface area contributed by atoms with E-state index in [1.54, 1.807) is 0 Å². The fraction of sp³-hybridized carbons (Fsp3) is 0.0625. The topological polar surface area (TPSA) is 6.48 Å². The molecule has 0 radical (unpaired) electrons. The predicted molar refractivity (Wildman–Crippen MR) is 168 cm³/mol. The van der Waals surface area contributed by atoms with E-state index in [4.69, 9.17) is 0 Å². The summed E-state index contributed by atoms with van der Waals surface area (Å²) in [6.07, 6.45) is 0. The van der Waals surface area contributed by atoms with Gasteiger partial charge in [-0.05, 0) is 0 Å². The zero-order valence-corrected chi connectivity index (χ0v) is 221. The third kappa shape index (κ3) is 18.2. The van der Waals surface area contributed by atoms with Gasteiger partial charge in [0.25, 0.3) is 0 Å². The van der Waals surface area contributed by atoms with E-state index in [-0.39, 0.29) is 171 Å². The van der Waals surface area contributed by atoms with Gasteiger partial charge in [-0.1, -0.05) is 0 Å². The second-order valence-corrected chi connectivity index (χ2v) is 108. The van der Waals surface area contributed by atoms with Crippen molar-refractivity contribution < 1.29 is 941 Å². The van der Waals surface area contributed by atoms with Crippen LogP contribution in [0.1, 0.15) is 11.1 Å². The summed E-state index contributed by atoms with van der Waals surface area (Å²) in [4.78, 5) is 6.75. The molecule has 0 aliphatic carbocycles. The van der Waals surface area contributed by atoms with E-state index in [9.17, 15) is 0 Å². The van der Waals surface area contributed by atoms with Crippen LogP contribution in [0.2, 0.25) is 0 Å². The zero-order valence-electron chi connectivity index (χ0n) is 39.9. The average molecular weight is 5410 g/mol. The zero-order chi connectivity index (χ0) is 42.5. The van der Waals surface area contributed by atoms with Crippen LogP contribution in [-0.2, 0) is 0 Å². The molecule has 0 heterocycles. The summed E-state index contributed by atoms with van der Waals surface area (Å²) in [6.45, 7) is 5.21. The average Bonchev–Trinajstić information content (AvgIpc) is 3.16. The molecule has 0 saturated heterocycles. The maximum atomic E-state index is 3.39. The molecule has 0 atom stereocenters. The van der Waals surface area contributed by atoms with Crippen molar-refractivity contribution in [3.05, 3.63) is 11.1 Å². The molecule has 0 N–H and O–H groups in total. The molecule has 5 aromatic rings. The van der Waals surface area contributed by atoms with Crippen LogP contribution in [0.25, 0.3) is 0 Å². The first-order chi connectivity index (χ1) is 25.9. The van der Waals surface area contributed by atoms with Gasteiger partial charge in [0.1, 0.15) is 0 Å². The number of anilines is 6.